The minimum atomic E-state index is 0.786. The lowest BCUT2D eigenvalue weighted by atomic mass is 9.64. The highest BCUT2D eigenvalue weighted by atomic mass is 15.1. The number of rotatable bonds is 0. The first-order valence-corrected chi connectivity index (χ1v) is 5.21. The van der Waals surface area contributed by atoms with Crippen LogP contribution in [0.5, 0.6) is 0 Å². The standard InChI is InChI=1S/C11H14N2/c12-7-13-5-10-8-1-2-9(4-3-8)11(10)6-13/h1-2,8-11H,3-6H2. The van der Waals surface area contributed by atoms with Crippen LogP contribution < -0.4 is 0 Å². The summed E-state index contributed by atoms with van der Waals surface area (Å²) in [5, 5.41) is 8.86. The molecule has 2 bridgehead atoms. The monoisotopic (exact) mass is 174 g/mol. The molecule has 0 aromatic rings. The predicted octanol–water partition coefficient (Wildman–Crippen LogP) is 1.61. The molecule has 1 heterocycles. The van der Waals surface area contributed by atoms with Crippen molar-refractivity contribution < 1.29 is 0 Å². The molecular weight excluding hydrogens is 160 g/mol. The molecule has 13 heavy (non-hydrogen) atoms. The van der Waals surface area contributed by atoms with Crippen molar-refractivity contribution in [2.75, 3.05) is 13.1 Å². The fraction of sp³-hybridized carbons (Fsp3) is 0.727. The Kier molecular flexibility index (Phi) is 1.44. The van der Waals surface area contributed by atoms with E-state index in [1.807, 2.05) is 4.90 Å². The van der Waals surface area contributed by atoms with Gasteiger partial charge >= 0.3 is 0 Å². The SMILES string of the molecule is N#CN1CC2C3C=CC(CC3)C2C1. The third kappa shape index (κ3) is 0.934. The van der Waals surface area contributed by atoms with Crippen LogP contribution in [0.3, 0.4) is 0 Å². The number of likely N-dealkylation sites (tertiary alicyclic amines) is 1. The second kappa shape index (κ2) is 2.51. The van der Waals surface area contributed by atoms with Gasteiger partial charge in [-0.05, 0) is 36.5 Å². The van der Waals surface area contributed by atoms with Gasteiger partial charge in [-0.3, -0.25) is 0 Å². The van der Waals surface area contributed by atoms with Gasteiger partial charge in [-0.15, -0.1) is 0 Å². The summed E-state index contributed by atoms with van der Waals surface area (Å²) in [5.41, 5.74) is 0. The number of hydrogen-bond acceptors (Lipinski definition) is 2. The zero-order chi connectivity index (χ0) is 8.84. The van der Waals surface area contributed by atoms with Crippen LogP contribution in [0, 0.1) is 35.1 Å². The Labute approximate surface area is 78.8 Å². The minimum Gasteiger partial charge on any atom is -0.310 e. The second-order valence-electron chi connectivity index (χ2n) is 4.62. The molecule has 0 aromatic heterocycles. The Morgan fingerprint density at radius 2 is 1.62 bits per heavy atom. The van der Waals surface area contributed by atoms with Gasteiger partial charge in [0.05, 0.1) is 0 Å². The quantitative estimate of drug-likeness (QED) is 0.412. The van der Waals surface area contributed by atoms with E-state index in [2.05, 4.69) is 18.3 Å². The van der Waals surface area contributed by atoms with E-state index in [0.29, 0.717) is 0 Å². The lowest BCUT2D eigenvalue weighted by Gasteiger charge is -2.40. The van der Waals surface area contributed by atoms with Crippen molar-refractivity contribution in [3.05, 3.63) is 12.2 Å². The average Bonchev–Trinajstić information content (AvgIpc) is 2.64. The molecule has 2 heteroatoms. The van der Waals surface area contributed by atoms with Gasteiger partial charge in [0, 0.05) is 13.1 Å². The first kappa shape index (κ1) is 7.44. The van der Waals surface area contributed by atoms with Crippen molar-refractivity contribution in [2.24, 2.45) is 23.7 Å². The molecule has 2 nitrogen and oxygen atoms in total. The highest BCUT2D eigenvalue weighted by Gasteiger charge is 2.45. The zero-order valence-electron chi connectivity index (χ0n) is 7.69. The van der Waals surface area contributed by atoms with E-state index in [4.69, 9.17) is 5.26 Å². The molecule has 1 saturated heterocycles. The van der Waals surface area contributed by atoms with Crippen LogP contribution in [0.25, 0.3) is 0 Å². The average molecular weight is 174 g/mol. The summed E-state index contributed by atoms with van der Waals surface area (Å²) in [4.78, 5) is 1.95. The molecule has 0 amide bonds. The molecule has 4 aliphatic rings. The van der Waals surface area contributed by atoms with Crippen molar-refractivity contribution in [3.63, 3.8) is 0 Å². The molecule has 0 aromatic carbocycles. The van der Waals surface area contributed by atoms with Crippen LogP contribution in [-0.2, 0) is 0 Å². The summed E-state index contributed by atoms with van der Waals surface area (Å²) in [6.07, 6.45) is 9.82. The Hall–Kier alpha value is -0.970. The molecule has 0 radical (unpaired) electrons. The summed E-state index contributed by atoms with van der Waals surface area (Å²) in [6, 6.07) is 0. The third-order valence-corrected chi connectivity index (χ3v) is 4.09. The van der Waals surface area contributed by atoms with Crippen molar-refractivity contribution >= 4 is 0 Å². The van der Waals surface area contributed by atoms with Crippen molar-refractivity contribution in [3.8, 4) is 6.19 Å². The summed E-state index contributed by atoms with van der Waals surface area (Å²) >= 11 is 0. The van der Waals surface area contributed by atoms with E-state index in [1.165, 1.54) is 12.8 Å². The number of nitrogens with zero attached hydrogens (tertiary/aromatic N) is 2. The lowest BCUT2D eigenvalue weighted by molar-refractivity contribution is 0.169. The Morgan fingerprint density at radius 3 is 2.00 bits per heavy atom. The van der Waals surface area contributed by atoms with Gasteiger partial charge in [0.1, 0.15) is 0 Å². The maximum absolute atomic E-state index is 8.86. The minimum absolute atomic E-state index is 0.786. The fourth-order valence-corrected chi connectivity index (χ4v) is 3.42. The normalized spacial score (nSPS) is 46.2. The van der Waals surface area contributed by atoms with Crippen LogP contribution in [0.15, 0.2) is 12.2 Å². The zero-order valence-corrected chi connectivity index (χ0v) is 7.69. The van der Waals surface area contributed by atoms with Crippen LogP contribution in [0.2, 0.25) is 0 Å². The molecule has 3 aliphatic carbocycles. The van der Waals surface area contributed by atoms with Crippen molar-refractivity contribution in [1.29, 1.82) is 5.26 Å². The van der Waals surface area contributed by atoms with E-state index in [1.54, 1.807) is 0 Å². The molecule has 1 aliphatic heterocycles. The molecule has 2 fully saturated rings. The number of allylic oxidation sites excluding steroid dienone is 2. The lowest BCUT2D eigenvalue weighted by Crippen LogP contribution is -2.35. The van der Waals surface area contributed by atoms with Crippen LogP contribution >= 0.6 is 0 Å². The van der Waals surface area contributed by atoms with Gasteiger partial charge in [0.25, 0.3) is 0 Å². The summed E-state index contributed by atoms with van der Waals surface area (Å²) in [6.45, 7) is 2.04. The first-order valence-electron chi connectivity index (χ1n) is 5.21. The largest absolute Gasteiger partial charge is 0.310 e. The van der Waals surface area contributed by atoms with Gasteiger partial charge in [-0.25, -0.2) is 0 Å². The van der Waals surface area contributed by atoms with Crippen molar-refractivity contribution in [2.45, 2.75) is 12.8 Å². The molecule has 0 N–H and O–H groups in total. The maximum Gasteiger partial charge on any atom is 0.179 e. The van der Waals surface area contributed by atoms with Crippen LogP contribution in [0.1, 0.15) is 12.8 Å². The highest BCUT2D eigenvalue weighted by Crippen LogP contribution is 2.47. The van der Waals surface area contributed by atoms with Gasteiger partial charge in [-0.2, -0.15) is 5.26 Å². The Morgan fingerprint density at radius 1 is 1.08 bits per heavy atom. The Bertz CT molecular complexity index is 267. The highest BCUT2D eigenvalue weighted by molar-refractivity contribution is 5.13. The van der Waals surface area contributed by atoms with E-state index in [9.17, 15) is 0 Å². The number of nitriles is 1. The molecule has 4 atom stereocenters. The van der Waals surface area contributed by atoms with Crippen LogP contribution in [0.4, 0.5) is 0 Å². The van der Waals surface area contributed by atoms with E-state index in [-0.39, 0.29) is 0 Å². The van der Waals surface area contributed by atoms with Gasteiger partial charge in [0.15, 0.2) is 6.19 Å². The molecule has 0 spiro atoms. The molecular formula is C11H14N2. The van der Waals surface area contributed by atoms with E-state index in [0.717, 1.165) is 36.8 Å². The van der Waals surface area contributed by atoms with E-state index >= 15 is 0 Å². The first-order chi connectivity index (χ1) is 6.38. The second-order valence-corrected chi connectivity index (χ2v) is 4.62. The van der Waals surface area contributed by atoms with Gasteiger partial charge < -0.3 is 4.90 Å². The summed E-state index contributed by atoms with van der Waals surface area (Å²) in [7, 11) is 0. The predicted molar refractivity (Wildman–Crippen MR) is 49.5 cm³/mol. The number of fused-ring (bicyclic) bond motifs is 1. The molecule has 1 saturated carbocycles. The van der Waals surface area contributed by atoms with Crippen LogP contribution in [-0.4, -0.2) is 18.0 Å². The molecule has 4 unspecified atom stereocenters. The fourth-order valence-electron chi connectivity index (χ4n) is 3.42. The van der Waals surface area contributed by atoms with E-state index < -0.39 is 0 Å². The van der Waals surface area contributed by atoms with Gasteiger partial charge in [0.2, 0.25) is 0 Å². The summed E-state index contributed by atoms with van der Waals surface area (Å²) in [5.74, 6) is 3.16. The maximum atomic E-state index is 8.86. The smallest absolute Gasteiger partial charge is 0.179 e. The third-order valence-electron chi connectivity index (χ3n) is 4.09. The van der Waals surface area contributed by atoms with Crippen molar-refractivity contribution in [1.82, 2.24) is 4.90 Å². The summed E-state index contributed by atoms with van der Waals surface area (Å²) < 4.78 is 0. The molecule has 4 rings (SSSR count). The Balaban J connectivity index is 1.89. The molecule has 68 valence electrons. The van der Waals surface area contributed by atoms with Gasteiger partial charge in [-0.1, -0.05) is 12.2 Å². The number of hydrogen-bond donors (Lipinski definition) is 0. The topological polar surface area (TPSA) is 27.0 Å².